The summed E-state index contributed by atoms with van der Waals surface area (Å²) in [5.74, 6) is 0.992. The minimum Gasteiger partial charge on any atom is -0.330 e. The van der Waals surface area contributed by atoms with E-state index in [4.69, 9.17) is 5.73 Å². The molecule has 0 aromatic heterocycles. The second-order valence-electron chi connectivity index (χ2n) is 5.90. The molecule has 0 atom stereocenters. The van der Waals surface area contributed by atoms with Gasteiger partial charge in [-0.2, -0.15) is 0 Å². The first-order valence-electron chi connectivity index (χ1n) is 6.63. The van der Waals surface area contributed by atoms with Crippen LogP contribution < -0.4 is 5.73 Å². The highest BCUT2D eigenvalue weighted by molar-refractivity contribution is 4.88. The van der Waals surface area contributed by atoms with Crippen molar-refractivity contribution in [3.8, 4) is 0 Å². The lowest BCUT2D eigenvalue weighted by atomic mass is 9.83. The van der Waals surface area contributed by atoms with Crippen LogP contribution >= 0.6 is 0 Å². The molecule has 2 nitrogen and oxygen atoms in total. The Balaban J connectivity index is 1.77. The van der Waals surface area contributed by atoms with Gasteiger partial charge in [0.2, 0.25) is 0 Å². The van der Waals surface area contributed by atoms with Crippen LogP contribution in [0.2, 0.25) is 0 Å². The van der Waals surface area contributed by atoms with Crippen molar-refractivity contribution >= 4 is 0 Å². The molecular weight excluding hydrogens is 184 g/mol. The molecule has 88 valence electrons. The van der Waals surface area contributed by atoms with E-state index in [-0.39, 0.29) is 0 Å². The van der Waals surface area contributed by atoms with E-state index in [0.717, 1.165) is 12.5 Å². The largest absolute Gasteiger partial charge is 0.330 e. The highest BCUT2D eigenvalue weighted by Gasteiger charge is 2.34. The fraction of sp³-hybridized carbons (Fsp3) is 1.00. The lowest BCUT2D eigenvalue weighted by Crippen LogP contribution is -2.41. The van der Waals surface area contributed by atoms with Gasteiger partial charge in [0.25, 0.3) is 0 Å². The van der Waals surface area contributed by atoms with Crippen LogP contribution in [0.3, 0.4) is 0 Å². The van der Waals surface area contributed by atoms with E-state index in [1.807, 2.05) is 0 Å². The molecule has 2 aliphatic carbocycles. The Bertz CT molecular complexity index is 193. The number of hydrogen-bond acceptors (Lipinski definition) is 2. The standard InChI is InChI=1S/C13H26N2/c1-15(9-12-5-4-6-12)11-13(10-14)7-2-3-8-13/h12H,2-11,14H2,1H3. The molecule has 0 saturated heterocycles. The number of hydrogen-bond donors (Lipinski definition) is 1. The van der Waals surface area contributed by atoms with Crippen LogP contribution in [0, 0.1) is 11.3 Å². The fourth-order valence-corrected chi connectivity index (χ4v) is 3.31. The van der Waals surface area contributed by atoms with Gasteiger partial charge in [0.15, 0.2) is 0 Å². The fourth-order valence-electron chi connectivity index (χ4n) is 3.31. The summed E-state index contributed by atoms with van der Waals surface area (Å²) in [6.45, 7) is 3.43. The number of rotatable bonds is 5. The molecular formula is C13H26N2. The van der Waals surface area contributed by atoms with Gasteiger partial charge in [0, 0.05) is 13.1 Å². The molecule has 2 N–H and O–H groups in total. The van der Waals surface area contributed by atoms with E-state index in [9.17, 15) is 0 Å². The minimum atomic E-state index is 0.471. The lowest BCUT2D eigenvalue weighted by Gasteiger charge is -2.36. The average Bonchev–Trinajstić information content (AvgIpc) is 2.61. The van der Waals surface area contributed by atoms with Gasteiger partial charge in [-0.05, 0) is 50.6 Å². The Labute approximate surface area is 94.2 Å². The van der Waals surface area contributed by atoms with E-state index in [1.165, 1.54) is 58.0 Å². The third-order valence-corrected chi connectivity index (χ3v) is 4.50. The first kappa shape index (κ1) is 11.4. The summed E-state index contributed by atoms with van der Waals surface area (Å²) in [6.07, 6.45) is 9.89. The Hall–Kier alpha value is -0.0800. The molecule has 0 heterocycles. The second-order valence-corrected chi connectivity index (χ2v) is 5.90. The normalized spacial score (nSPS) is 25.8. The first-order valence-corrected chi connectivity index (χ1v) is 6.63. The number of nitrogens with zero attached hydrogens (tertiary/aromatic N) is 1. The van der Waals surface area contributed by atoms with E-state index < -0.39 is 0 Å². The molecule has 0 aliphatic heterocycles. The van der Waals surface area contributed by atoms with Gasteiger partial charge >= 0.3 is 0 Å². The summed E-state index contributed by atoms with van der Waals surface area (Å²) in [4.78, 5) is 2.54. The third-order valence-electron chi connectivity index (χ3n) is 4.50. The molecule has 0 aromatic rings. The molecule has 2 rings (SSSR count). The minimum absolute atomic E-state index is 0.471. The highest BCUT2D eigenvalue weighted by atomic mass is 15.1. The molecule has 2 heteroatoms. The van der Waals surface area contributed by atoms with Crippen molar-refractivity contribution < 1.29 is 0 Å². The summed E-state index contributed by atoms with van der Waals surface area (Å²) in [5, 5.41) is 0. The monoisotopic (exact) mass is 210 g/mol. The third kappa shape index (κ3) is 2.73. The molecule has 2 aliphatic rings. The molecule has 0 unspecified atom stereocenters. The van der Waals surface area contributed by atoms with Crippen molar-refractivity contribution in [3.63, 3.8) is 0 Å². The summed E-state index contributed by atoms with van der Waals surface area (Å²) in [7, 11) is 2.29. The van der Waals surface area contributed by atoms with Crippen LogP contribution in [-0.2, 0) is 0 Å². The van der Waals surface area contributed by atoms with Crippen LogP contribution in [-0.4, -0.2) is 31.6 Å². The van der Waals surface area contributed by atoms with Crippen LogP contribution in [0.5, 0.6) is 0 Å². The molecule has 0 aromatic carbocycles. The van der Waals surface area contributed by atoms with Crippen LogP contribution in [0.4, 0.5) is 0 Å². The van der Waals surface area contributed by atoms with Crippen LogP contribution in [0.25, 0.3) is 0 Å². The smallest absolute Gasteiger partial charge is 0.00471 e. The lowest BCUT2D eigenvalue weighted by molar-refractivity contribution is 0.140. The van der Waals surface area contributed by atoms with Crippen molar-refractivity contribution in [2.75, 3.05) is 26.7 Å². The molecule has 0 spiro atoms. The van der Waals surface area contributed by atoms with Gasteiger partial charge < -0.3 is 10.6 Å². The molecule has 0 bridgehead atoms. The quantitative estimate of drug-likeness (QED) is 0.754. The van der Waals surface area contributed by atoms with Gasteiger partial charge in [-0.25, -0.2) is 0 Å². The second kappa shape index (κ2) is 4.84. The van der Waals surface area contributed by atoms with Gasteiger partial charge in [-0.15, -0.1) is 0 Å². The van der Waals surface area contributed by atoms with E-state index >= 15 is 0 Å². The predicted molar refractivity (Wildman–Crippen MR) is 64.8 cm³/mol. The first-order chi connectivity index (χ1) is 7.24. The zero-order valence-electron chi connectivity index (χ0n) is 10.2. The molecule has 0 amide bonds. The molecule has 2 fully saturated rings. The number of nitrogens with two attached hydrogens (primary N) is 1. The maximum atomic E-state index is 5.97. The summed E-state index contributed by atoms with van der Waals surface area (Å²) in [5.41, 5.74) is 6.44. The Morgan fingerprint density at radius 1 is 1.20 bits per heavy atom. The Morgan fingerprint density at radius 3 is 2.33 bits per heavy atom. The van der Waals surface area contributed by atoms with E-state index in [0.29, 0.717) is 5.41 Å². The van der Waals surface area contributed by atoms with Gasteiger partial charge in [-0.1, -0.05) is 19.3 Å². The molecule has 15 heavy (non-hydrogen) atoms. The van der Waals surface area contributed by atoms with E-state index in [1.54, 1.807) is 0 Å². The SMILES string of the molecule is CN(CC1CCC1)CC1(CN)CCCC1. The van der Waals surface area contributed by atoms with Crippen LogP contribution in [0.15, 0.2) is 0 Å². The van der Waals surface area contributed by atoms with Crippen LogP contribution in [0.1, 0.15) is 44.9 Å². The summed E-state index contributed by atoms with van der Waals surface area (Å²) < 4.78 is 0. The van der Waals surface area contributed by atoms with Crippen molar-refractivity contribution in [2.24, 2.45) is 17.1 Å². The average molecular weight is 210 g/mol. The topological polar surface area (TPSA) is 29.3 Å². The Morgan fingerprint density at radius 2 is 1.87 bits per heavy atom. The van der Waals surface area contributed by atoms with E-state index in [2.05, 4.69) is 11.9 Å². The van der Waals surface area contributed by atoms with Gasteiger partial charge in [-0.3, -0.25) is 0 Å². The molecule has 2 saturated carbocycles. The van der Waals surface area contributed by atoms with Crippen molar-refractivity contribution in [2.45, 2.75) is 44.9 Å². The summed E-state index contributed by atoms with van der Waals surface area (Å²) in [6, 6.07) is 0. The van der Waals surface area contributed by atoms with Crippen molar-refractivity contribution in [1.82, 2.24) is 4.90 Å². The van der Waals surface area contributed by atoms with Gasteiger partial charge in [0.1, 0.15) is 0 Å². The maximum absolute atomic E-state index is 5.97. The van der Waals surface area contributed by atoms with Gasteiger partial charge in [0.05, 0.1) is 0 Å². The van der Waals surface area contributed by atoms with Crippen molar-refractivity contribution in [3.05, 3.63) is 0 Å². The zero-order chi connectivity index (χ0) is 10.7. The summed E-state index contributed by atoms with van der Waals surface area (Å²) >= 11 is 0. The predicted octanol–water partition coefficient (Wildman–Crippen LogP) is 2.24. The molecule has 0 radical (unpaired) electrons. The van der Waals surface area contributed by atoms with Crippen molar-refractivity contribution in [1.29, 1.82) is 0 Å². The Kier molecular flexibility index (Phi) is 3.68. The maximum Gasteiger partial charge on any atom is 0.00471 e. The zero-order valence-corrected chi connectivity index (χ0v) is 10.2. The highest BCUT2D eigenvalue weighted by Crippen LogP contribution is 2.38.